The molecule has 2 atom stereocenters. The number of benzene rings is 2. The number of allylic oxidation sites excluding steroid dienone is 1. The second-order valence-electron chi connectivity index (χ2n) is 8.89. The Kier molecular flexibility index (Phi) is 11.2. The Bertz CT molecular complexity index is 1300. The van der Waals surface area contributed by atoms with Crippen LogP contribution in [0.5, 0.6) is 17.2 Å². The van der Waals surface area contributed by atoms with Crippen LogP contribution in [0, 0.1) is 0 Å². The molecule has 1 heterocycles. The topological polar surface area (TPSA) is 140 Å². The Morgan fingerprint density at radius 3 is 2.62 bits per heavy atom. The smallest absolute Gasteiger partial charge is 0.337 e. The molecule has 13 heteroatoms. The fraction of sp³-hybridized carbons (Fsp3) is 0.370. The summed E-state index contributed by atoms with van der Waals surface area (Å²) in [6.07, 6.45) is 0.356. The number of esters is 1. The minimum absolute atomic E-state index is 0.0411. The van der Waals surface area contributed by atoms with Crippen LogP contribution < -0.4 is 30.3 Å². The fourth-order valence-corrected chi connectivity index (χ4v) is 5.20. The molecule has 0 saturated heterocycles. The number of hydrazone groups is 1. The number of halogens is 2. The number of hydrogen-bond acceptors (Lipinski definition) is 9. The van der Waals surface area contributed by atoms with Crippen molar-refractivity contribution in [3.05, 3.63) is 61.7 Å². The molecule has 2 aromatic carbocycles. The Labute approximate surface area is 249 Å². The van der Waals surface area contributed by atoms with Crippen LogP contribution >= 0.6 is 31.9 Å². The number of methoxy groups -OCH3 is 1. The third-order valence-corrected chi connectivity index (χ3v) is 6.54. The van der Waals surface area contributed by atoms with Crippen molar-refractivity contribution < 1.29 is 33.6 Å². The minimum atomic E-state index is -1.14. The number of aliphatic hydroxyl groups excluding tert-OH is 1. The summed E-state index contributed by atoms with van der Waals surface area (Å²) in [6.45, 7) is 7.49. The molecule has 0 radical (unpaired) electrons. The first-order valence-electron chi connectivity index (χ1n) is 12.4. The molecular weight excluding hydrogens is 652 g/mol. The van der Waals surface area contributed by atoms with Gasteiger partial charge in [0.1, 0.15) is 12.4 Å². The largest absolute Gasteiger partial charge is 0.490 e. The molecule has 216 valence electrons. The van der Waals surface area contributed by atoms with Gasteiger partial charge in [0.25, 0.3) is 0 Å². The maximum atomic E-state index is 12.4. The summed E-state index contributed by atoms with van der Waals surface area (Å²) in [6, 6.07) is 7.54. The van der Waals surface area contributed by atoms with Crippen molar-refractivity contribution >= 4 is 50.1 Å². The van der Waals surface area contributed by atoms with Gasteiger partial charge in [-0.05, 0) is 73.5 Å². The van der Waals surface area contributed by atoms with Crippen LogP contribution in [0.2, 0.25) is 0 Å². The SMILES string of the molecule is CCOc1cc([C@@H]2NC(=O)NC(C)=C2C(=O)OC)ccc1OC[C@@H](O)N/N=C/c1cc(Br)cc(Br)c1OC(C)C. The summed E-state index contributed by atoms with van der Waals surface area (Å²) < 4.78 is 23.9. The predicted octanol–water partition coefficient (Wildman–Crippen LogP) is 4.52. The summed E-state index contributed by atoms with van der Waals surface area (Å²) in [5.74, 6) is 0.793. The molecule has 2 amide bonds. The maximum Gasteiger partial charge on any atom is 0.337 e. The van der Waals surface area contributed by atoms with Crippen LogP contribution in [0.25, 0.3) is 0 Å². The van der Waals surface area contributed by atoms with Crippen LogP contribution in [0.1, 0.15) is 44.9 Å². The number of nitrogens with one attached hydrogen (secondary N) is 3. The van der Waals surface area contributed by atoms with Gasteiger partial charge in [0.15, 0.2) is 17.7 Å². The first-order chi connectivity index (χ1) is 19.0. The molecule has 1 aliphatic rings. The van der Waals surface area contributed by atoms with E-state index in [0.717, 1.165) is 8.95 Å². The lowest BCUT2D eigenvalue weighted by Crippen LogP contribution is -2.45. The minimum Gasteiger partial charge on any atom is -0.490 e. The zero-order valence-corrected chi connectivity index (χ0v) is 25.9. The quantitative estimate of drug-likeness (QED) is 0.111. The third kappa shape index (κ3) is 8.12. The van der Waals surface area contributed by atoms with E-state index >= 15 is 0 Å². The van der Waals surface area contributed by atoms with Gasteiger partial charge in [-0.25, -0.2) is 9.59 Å². The van der Waals surface area contributed by atoms with Gasteiger partial charge < -0.3 is 34.7 Å². The summed E-state index contributed by atoms with van der Waals surface area (Å²) in [4.78, 5) is 24.5. The van der Waals surface area contributed by atoms with Crippen molar-refractivity contribution in [2.24, 2.45) is 5.10 Å². The number of urea groups is 1. The molecule has 0 bridgehead atoms. The Hall–Kier alpha value is -3.29. The normalized spacial score (nSPS) is 15.9. The molecule has 0 spiro atoms. The highest BCUT2D eigenvalue weighted by molar-refractivity contribution is 9.11. The molecule has 0 fully saturated rings. The standard InChI is InChI=1S/C27H32Br2N4O7/c1-6-38-21-10-16(24-23(26(35)37-5)15(4)31-27(36)32-24)7-8-20(21)39-13-22(34)33-30-12-17-9-18(28)11-19(29)25(17)40-14(2)3/h7-12,14,22,24,33-34H,6,13H2,1-5H3,(H2,31,32,36)/b30-12+/t22-,24+/m1/s1. The molecule has 0 aliphatic carbocycles. The first-order valence-corrected chi connectivity index (χ1v) is 14.0. The van der Waals surface area contributed by atoms with Crippen molar-refractivity contribution in [1.82, 2.24) is 16.1 Å². The van der Waals surface area contributed by atoms with Gasteiger partial charge >= 0.3 is 12.0 Å². The van der Waals surface area contributed by atoms with E-state index in [4.69, 9.17) is 18.9 Å². The number of amides is 2. The van der Waals surface area contributed by atoms with E-state index < -0.39 is 24.3 Å². The van der Waals surface area contributed by atoms with Crippen LogP contribution in [-0.2, 0) is 9.53 Å². The Balaban J connectivity index is 1.72. The second kappa shape index (κ2) is 14.4. The molecule has 1 aliphatic heterocycles. The zero-order chi connectivity index (χ0) is 29.4. The average Bonchev–Trinajstić information content (AvgIpc) is 2.89. The average molecular weight is 684 g/mol. The second-order valence-corrected chi connectivity index (χ2v) is 10.7. The van der Waals surface area contributed by atoms with E-state index in [1.165, 1.54) is 7.11 Å². The van der Waals surface area contributed by atoms with Crippen LogP contribution in [0.4, 0.5) is 4.79 Å². The number of nitrogens with zero attached hydrogens (tertiary/aromatic N) is 1. The first kappa shape index (κ1) is 31.2. The number of carbonyl (C=O) groups excluding carboxylic acids is 2. The molecule has 3 rings (SSSR count). The van der Waals surface area contributed by atoms with E-state index in [1.807, 2.05) is 32.9 Å². The highest BCUT2D eigenvalue weighted by Crippen LogP contribution is 2.35. The third-order valence-electron chi connectivity index (χ3n) is 5.49. The molecule has 11 nitrogen and oxygen atoms in total. The van der Waals surface area contributed by atoms with Crippen molar-refractivity contribution in [2.45, 2.75) is 46.1 Å². The van der Waals surface area contributed by atoms with Gasteiger partial charge in [0, 0.05) is 15.7 Å². The lowest BCUT2D eigenvalue weighted by molar-refractivity contribution is -0.136. The van der Waals surface area contributed by atoms with Gasteiger partial charge in [-0.15, -0.1) is 0 Å². The highest BCUT2D eigenvalue weighted by Gasteiger charge is 2.32. The molecular formula is C27H32Br2N4O7. The lowest BCUT2D eigenvalue weighted by atomic mass is 9.95. The molecule has 0 saturated carbocycles. The lowest BCUT2D eigenvalue weighted by Gasteiger charge is -2.28. The number of rotatable bonds is 12. The summed E-state index contributed by atoms with van der Waals surface area (Å²) in [5, 5.41) is 19.9. The Morgan fingerprint density at radius 2 is 1.95 bits per heavy atom. The predicted molar refractivity (Wildman–Crippen MR) is 157 cm³/mol. The van der Waals surface area contributed by atoms with Crippen LogP contribution in [0.15, 0.2) is 55.6 Å². The number of hydrogen-bond donors (Lipinski definition) is 4. The fourth-order valence-electron chi connectivity index (χ4n) is 3.85. The maximum absolute atomic E-state index is 12.4. The van der Waals surface area contributed by atoms with E-state index in [9.17, 15) is 14.7 Å². The molecule has 2 aromatic rings. The monoisotopic (exact) mass is 682 g/mol. The molecule has 4 N–H and O–H groups in total. The van der Waals surface area contributed by atoms with Gasteiger partial charge in [-0.2, -0.15) is 5.10 Å². The molecule has 0 unspecified atom stereocenters. The number of aliphatic hydroxyl groups is 1. The van der Waals surface area contributed by atoms with E-state index in [-0.39, 0.29) is 18.3 Å². The van der Waals surface area contributed by atoms with Crippen LogP contribution in [0.3, 0.4) is 0 Å². The van der Waals surface area contributed by atoms with Gasteiger partial charge in [-0.1, -0.05) is 22.0 Å². The van der Waals surface area contributed by atoms with Crippen LogP contribution in [-0.4, -0.2) is 56.0 Å². The summed E-state index contributed by atoms with van der Waals surface area (Å²) >= 11 is 6.96. The molecule has 40 heavy (non-hydrogen) atoms. The summed E-state index contributed by atoms with van der Waals surface area (Å²) in [5.41, 5.74) is 4.59. The van der Waals surface area contributed by atoms with Crippen molar-refractivity contribution in [2.75, 3.05) is 20.3 Å². The highest BCUT2D eigenvalue weighted by atomic mass is 79.9. The van der Waals surface area contributed by atoms with Gasteiger partial charge in [0.2, 0.25) is 0 Å². The molecule has 0 aromatic heterocycles. The van der Waals surface area contributed by atoms with E-state index in [1.54, 1.807) is 31.3 Å². The van der Waals surface area contributed by atoms with E-state index in [2.05, 4.69) is 53.0 Å². The van der Waals surface area contributed by atoms with Gasteiger partial charge in [-0.3, -0.25) is 5.43 Å². The Morgan fingerprint density at radius 1 is 1.20 bits per heavy atom. The zero-order valence-electron chi connectivity index (χ0n) is 22.7. The van der Waals surface area contributed by atoms with Crippen molar-refractivity contribution in [3.63, 3.8) is 0 Å². The number of ether oxygens (including phenoxy) is 4. The van der Waals surface area contributed by atoms with Crippen molar-refractivity contribution in [1.29, 1.82) is 0 Å². The van der Waals surface area contributed by atoms with Gasteiger partial charge in [0.05, 0.1) is 42.1 Å². The summed E-state index contributed by atoms with van der Waals surface area (Å²) in [7, 11) is 1.28. The number of carbonyl (C=O) groups is 2. The van der Waals surface area contributed by atoms with Crippen molar-refractivity contribution in [3.8, 4) is 17.2 Å². The van der Waals surface area contributed by atoms with E-state index in [0.29, 0.717) is 40.7 Å².